The third kappa shape index (κ3) is 3.80. The summed E-state index contributed by atoms with van der Waals surface area (Å²) in [5.74, 6) is 0.179. The predicted molar refractivity (Wildman–Crippen MR) is 70.9 cm³/mol. The molecule has 18 heavy (non-hydrogen) atoms. The van der Waals surface area contributed by atoms with E-state index in [0.717, 1.165) is 0 Å². The Balaban J connectivity index is 2.80. The van der Waals surface area contributed by atoms with Crippen LogP contribution in [0.5, 0.6) is 0 Å². The summed E-state index contributed by atoms with van der Waals surface area (Å²) < 4.78 is 6.54. The van der Waals surface area contributed by atoms with Gasteiger partial charge in [-0.1, -0.05) is 25.4 Å². The zero-order chi connectivity index (χ0) is 13.7. The van der Waals surface area contributed by atoms with E-state index in [-0.39, 0.29) is 24.2 Å². The minimum Gasteiger partial charge on any atom is -0.383 e. The first-order valence-corrected chi connectivity index (χ1v) is 6.34. The van der Waals surface area contributed by atoms with Crippen LogP contribution in [-0.2, 0) is 11.3 Å². The number of carbonyl (C=O) groups is 1. The fraction of sp³-hybridized carbons (Fsp3) is 0.667. The molecule has 0 saturated heterocycles. The summed E-state index contributed by atoms with van der Waals surface area (Å²) in [4.78, 5) is 12.2. The van der Waals surface area contributed by atoms with Gasteiger partial charge in [0.25, 0.3) is 0 Å². The second-order valence-corrected chi connectivity index (χ2v) is 5.00. The molecule has 2 N–H and O–H groups in total. The average Bonchev–Trinajstić information content (AvgIpc) is 2.67. The normalized spacial score (nSPS) is 13.0. The fourth-order valence-corrected chi connectivity index (χ4v) is 1.78. The number of ether oxygens (including phenoxy) is 1. The molecule has 1 heterocycles. The number of hydrogen-bond donors (Lipinski definition) is 1. The van der Waals surface area contributed by atoms with Gasteiger partial charge in [-0.3, -0.25) is 9.48 Å². The number of carbonyl (C=O) groups excluding carboxylic acids is 1. The van der Waals surface area contributed by atoms with Crippen LogP contribution in [0.4, 0.5) is 0 Å². The average molecular weight is 274 g/mol. The van der Waals surface area contributed by atoms with Crippen LogP contribution in [0.3, 0.4) is 0 Å². The molecule has 1 atom stereocenters. The SMILES string of the molecule is COCCn1ncc(Cl)c1C(=O)CC(N)C(C)C. The number of Topliss-reactive ketones (excluding diaryl/α,β-unsaturated/α-hetero) is 1. The number of methoxy groups -OCH3 is 1. The van der Waals surface area contributed by atoms with Gasteiger partial charge in [-0.15, -0.1) is 0 Å². The highest BCUT2D eigenvalue weighted by Gasteiger charge is 2.21. The summed E-state index contributed by atoms with van der Waals surface area (Å²) in [7, 11) is 1.60. The second kappa shape index (κ2) is 6.87. The number of nitrogens with zero attached hydrogens (tertiary/aromatic N) is 2. The zero-order valence-electron chi connectivity index (χ0n) is 11.0. The molecule has 5 nitrogen and oxygen atoms in total. The van der Waals surface area contributed by atoms with E-state index in [1.165, 1.54) is 6.20 Å². The number of hydrogen-bond acceptors (Lipinski definition) is 4. The van der Waals surface area contributed by atoms with Crippen molar-refractivity contribution in [1.29, 1.82) is 0 Å². The van der Waals surface area contributed by atoms with Crippen LogP contribution in [0.1, 0.15) is 30.8 Å². The molecule has 0 aliphatic carbocycles. The first-order valence-electron chi connectivity index (χ1n) is 5.96. The molecule has 0 bridgehead atoms. The number of ketones is 1. The van der Waals surface area contributed by atoms with Crippen LogP contribution >= 0.6 is 11.6 Å². The van der Waals surface area contributed by atoms with E-state index in [1.54, 1.807) is 11.8 Å². The van der Waals surface area contributed by atoms with Crippen LogP contribution in [0.15, 0.2) is 6.20 Å². The van der Waals surface area contributed by atoms with Crippen LogP contribution in [0.25, 0.3) is 0 Å². The maximum Gasteiger partial charge on any atom is 0.183 e. The van der Waals surface area contributed by atoms with Crippen LogP contribution < -0.4 is 5.73 Å². The van der Waals surface area contributed by atoms with E-state index < -0.39 is 0 Å². The highest BCUT2D eigenvalue weighted by molar-refractivity contribution is 6.33. The molecule has 0 aliphatic rings. The first-order chi connectivity index (χ1) is 8.47. The standard InChI is InChI=1S/C12H20ClN3O2/c1-8(2)10(14)6-11(17)12-9(13)7-15-16(12)4-5-18-3/h7-8,10H,4-6,14H2,1-3H3. The molecular weight excluding hydrogens is 254 g/mol. The third-order valence-electron chi connectivity index (χ3n) is 2.84. The Morgan fingerprint density at radius 2 is 2.28 bits per heavy atom. The Labute approximate surface area is 112 Å². The lowest BCUT2D eigenvalue weighted by Gasteiger charge is -2.15. The molecule has 0 fully saturated rings. The molecule has 1 rings (SSSR count). The van der Waals surface area contributed by atoms with Gasteiger partial charge in [0.1, 0.15) is 5.69 Å². The van der Waals surface area contributed by atoms with Crippen LogP contribution in [0.2, 0.25) is 5.02 Å². The molecule has 102 valence electrons. The van der Waals surface area contributed by atoms with E-state index >= 15 is 0 Å². The Hall–Kier alpha value is -0.910. The van der Waals surface area contributed by atoms with E-state index in [0.29, 0.717) is 23.9 Å². The fourth-order valence-electron chi connectivity index (χ4n) is 1.53. The first kappa shape index (κ1) is 15.1. The molecule has 1 aromatic heterocycles. The lowest BCUT2D eigenvalue weighted by atomic mass is 9.98. The Morgan fingerprint density at radius 1 is 1.61 bits per heavy atom. The minimum absolute atomic E-state index is 0.0743. The number of halogens is 1. The summed E-state index contributed by atoms with van der Waals surface area (Å²) in [5.41, 5.74) is 6.33. The van der Waals surface area contributed by atoms with Crippen molar-refractivity contribution in [2.45, 2.75) is 32.9 Å². The van der Waals surface area contributed by atoms with Crippen molar-refractivity contribution in [1.82, 2.24) is 9.78 Å². The largest absolute Gasteiger partial charge is 0.383 e. The monoisotopic (exact) mass is 273 g/mol. The topological polar surface area (TPSA) is 70.1 Å². The maximum atomic E-state index is 12.2. The van der Waals surface area contributed by atoms with Crippen molar-refractivity contribution in [3.63, 3.8) is 0 Å². The van der Waals surface area contributed by atoms with Gasteiger partial charge in [0.05, 0.1) is 24.4 Å². The lowest BCUT2D eigenvalue weighted by Crippen LogP contribution is -2.30. The van der Waals surface area contributed by atoms with E-state index in [9.17, 15) is 4.79 Å². The minimum atomic E-state index is -0.167. The Morgan fingerprint density at radius 3 is 2.83 bits per heavy atom. The summed E-state index contributed by atoms with van der Waals surface area (Å²) in [6.07, 6.45) is 1.75. The number of rotatable bonds is 7. The number of nitrogens with two attached hydrogens (primary N) is 1. The summed E-state index contributed by atoms with van der Waals surface area (Å²) in [6, 6.07) is -0.167. The number of aromatic nitrogens is 2. The van der Waals surface area contributed by atoms with Gasteiger partial charge in [0.2, 0.25) is 0 Å². The van der Waals surface area contributed by atoms with Gasteiger partial charge in [-0.05, 0) is 5.92 Å². The van der Waals surface area contributed by atoms with E-state index in [4.69, 9.17) is 22.1 Å². The third-order valence-corrected chi connectivity index (χ3v) is 3.12. The van der Waals surface area contributed by atoms with Crippen molar-refractivity contribution in [2.75, 3.05) is 13.7 Å². The molecule has 0 aromatic carbocycles. The lowest BCUT2D eigenvalue weighted by molar-refractivity contribution is 0.0953. The highest BCUT2D eigenvalue weighted by atomic mass is 35.5. The molecule has 0 radical (unpaired) electrons. The quantitative estimate of drug-likeness (QED) is 0.768. The molecule has 0 aliphatic heterocycles. The predicted octanol–water partition coefficient (Wildman–Crippen LogP) is 1.74. The smallest absolute Gasteiger partial charge is 0.183 e. The summed E-state index contributed by atoms with van der Waals surface area (Å²) in [6.45, 7) is 4.96. The Kier molecular flexibility index (Phi) is 5.78. The van der Waals surface area contributed by atoms with Crippen LogP contribution in [-0.4, -0.2) is 35.3 Å². The van der Waals surface area contributed by atoms with Crippen molar-refractivity contribution in [3.05, 3.63) is 16.9 Å². The van der Waals surface area contributed by atoms with Gasteiger partial charge >= 0.3 is 0 Å². The van der Waals surface area contributed by atoms with Crippen molar-refractivity contribution >= 4 is 17.4 Å². The van der Waals surface area contributed by atoms with Gasteiger partial charge < -0.3 is 10.5 Å². The van der Waals surface area contributed by atoms with Gasteiger partial charge in [0.15, 0.2) is 5.78 Å². The highest BCUT2D eigenvalue weighted by Crippen LogP contribution is 2.18. The second-order valence-electron chi connectivity index (χ2n) is 4.59. The molecule has 0 spiro atoms. The van der Waals surface area contributed by atoms with Crippen molar-refractivity contribution < 1.29 is 9.53 Å². The molecule has 0 saturated carbocycles. The van der Waals surface area contributed by atoms with E-state index in [1.807, 2.05) is 13.8 Å². The van der Waals surface area contributed by atoms with Gasteiger partial charge in [-0.25, -0.2) is 0 Å². The molecule has 0 amide bonds. The Bertz CT molecular complexity index is 404. The maximum absolute atomic E-state index is 12.2. The van der Waals surface area contributed by atoms with Crippen LogP contribution in [0, 0.1) is 5.92 Å². The van der Waals surface area contributed by atoms with E-state index in [2.05, 4.69) is 5.10 Å². The summed E-state index contributed by atoms with van der Waals surface area (Å²) in [5, 5.41) is 4.44. The van der Waals surface area contributed by atoms with Crippen molar-refractivity contribution in [3.8, 4) is 0 Å². The van der Waals surface area contributed by atoms with Gasteiger partial charge in [0, 0.05) is 19.6 Å². The zero-order valence-corrected chi connectivity index (χ0v) is 11.8. The molecule has 6 heteroatoms. The van der Waals surface area contributed by atoms with Crippen molar-refractivity contribution in [2.24, 2.45) is 11.7 Å². The van der Waals surface area contributed by atoms with Gasteiger partial charge in [-0.2, -0.15) is 5.10 Å². The summed E-state index contributed by atoms with van der Waals surface area (Å²) >= 11 is 6.00. The molecule has 1 unspecified atom stereocenters. The molecular formula is C12H20ClN3O2. The molecule has 1 aromatic rings.